The lowest BCUT2D eigenvalue weighted by Gasteiger charge is -2.26. The highest BCUT2D eigenvalue weighted by Crippen LogP contribution is 2.43. The molecular weight excluding hydrogens is 406 g/mol. The molecule has 30 heavy (non-hydrogen) atoms. The first-order valence-electron chi connectivity index (χ1n) is 9.29. The van der Waals surface area contributed by atoms with E-state index in [4.69, 9.17) is 0 Å². The van der Waals surface area contributed by atoms with Crippen molar-refractivity contribution in [3.63, 3.8) is 0 Å². The van der Waals surface area contributed by atoms with E-state index in [1.807, 2.05) is 6.07 Å². The number of hydrogen-bond acceptors (Lipinski definition) is 3. The first-order valence-corrected chi connectivity index (χ1v) is 10.3. The highest BCUT2D eigenvalue weighted by atomic mass is 32.2. The van der Waals surface area contributed by atoms with Crippen molar-refractivity contribution in [3.05, 3.63) is 95.1 Å². The Morgan fingerprint density at radius 3 is 2.57 bits per heavy atom. The van der Waals surface area contributed by atoms with E-state index in [0.717, 1.165) is 5.56 Å². The zero-order valence-electron chi connectivity index (χ0n) is 16.1. The molecule has 3 aromatic carbocycles. The molecule has 7 heteroatoms. The van der Waals surface area contributed by atoms with E-state index in [2.05, 4.69) is 5.32 Å². The lowest BCUT2D eigenvalue weighted by molar-refractivity contribution is -0.115. The van der Waals surface area contributed by atoms with Crippen LogP contribution in [0.4, 0.5) is 20.2 Å². The number of thioether (sulfide) groups is 1. The van der Waals surface area contributed by atoms with Crippen molar-refractivity contribution < 1.29 is 18.4 Å². The molecule has 1 heterocycles. The maximum atomic E-state index is 14.1. The molecule has 0 aliphatic carbocycles. The first-order chi connectivity index (χ1) is 14.4. The van der Waals surface area contributed by atoms with Gasteiger partial charge in [-0.1, -0.05) is 18.2 Å². The molecule has 4 rings (SSSR count). The zero-order valence-corrected chi connectivity index (χ0v) is 16.9. The largest absolute Gasteiger partial charge is 0.322 e. The fourth-order valence-electron chi connectivity index (χ4n) is 3.36. The van der Waals surface area contributed by atoms with Crippen LogP contribution in [-0.4, -0.2) is 17.6 Å². The second-order valence-electron chi connectivity index (χ2n) is 6.90. The number of nitrogens with one attached hydrogen (secondary N) is 1. The molecule has 1 atom stereocenters. The number of amides is 2. The van der Waals surface area contributed by atoms with Gasteiger partial charge in [0.2, 0.25) is 5.91 Å². The number of carbonyl (C=O) groups is 2. The van der Waals surface area contributed by atoms with E-state index in [-0.39, 0.29) is 28.8 Å². The lowest BCUT2D eigenvalue weighted by Crippen LogP contribution is -2.28. The molecule has 0 spiro atoms. The fourth-order valence-corrected chi connectivity index (χ4v) is 4.52. The summed E-state index contributed by atoms with van der Waals surface area (Å²) in [5, 5.41) is 2.46. The summed E-state index contributed by atoms with van der Waals surface area (Å²) in [6, 6.07) is 17.1. The molecule has 0 unspecified atom stereocenters. The van der Waals surface area contributed by atoms with Crippen molar-refractivity contribution in [3.8, 4) is 0 Å². The average Bonchev–Trinajstić information content (AvgIpc) is 3.12. The highest BCUT2D eigenvalue weighted by Gasteiger charge is 2.35. The van der Waals surface area contributed by atoms with E-state index in [0.29, 0.717) is 22.5 Å². The quantitative estimate of drug-likeness (QED) is 0.618. The van der Waals surface area contributed by atoms with Crippen molar-refractivity contribution in [2.75, 3.05) is 16.0 Å². The first kappa shape index (κ1) is 20.1. The summed E-state index contributed by atoms with van der Waals surface area (Å²) in [5.74, 6) is -0.952. The van der Waals surface area contributed by atoms with Gasteiger partial charge in [0.05, 0.1) is 11.4 Å². The zero-order chi connectivity index (χ0) is 21.3. The van der Waals surface area contributed by atoms with Crippen molar-refractivity contribution >= 4 is 35.0 Å². The summed E-state index contributed by atoms with van der Waals surface area (Å²) < 4.78 is 27.1. The van der Waals surface area contributed by atoms with Crippen LogP contribution in [0.2, 0.25) is 0 Å². The van der Waals surface area contributed by atoms with E-state index in [1.165, 1.54) is 42.1 Å². The van der Waals surface area contributed by atoms with E-state index >= 15 is 0 Å². The number of nitrogens with zero attached hydrogens (tertiary/aromatic N) is 1. The van der Waals surface area contributed by atoms with Gasteiger partial charge in [-0.2, -0.15) is 0 Å². The summed E-state index contributed by atoms with van der Waals surface area (Å²) >= 11 is 1.45. The Morgan fingerprint density at radius 2 is 1.80 bits per heavy atom. The average molecular weight is 424 g/mol. The number of carbonyl (C=O) groups excluding carboxylic acids is 2. The SMILES string of the molecule is Cc1c(F)cccc1N1C(=O)CS[C@H]1c1cccc(NC(=O)c2ccc(F)cc2)c1. The second kappa shape index (κ2) is 8.28. The Hall–Kier alpha value is -3.19. The third kappa shape index (κ3) is 3.93. The predicted octanol–water partition coefficient (Wildman–Crippen LogP) is 5.30. The molecule has 0 bridgehead atoms. The standard InChI is InChI=1S/C23H18F2N2O2S/c1-14-19(25)6-3-7-20(14)27-21(28)13-30-23(27)16-4-2-5-18(12-16)26-22(29)15-8-10-17(24)11-9-15/h2-12,23H,13H2,1H3,(H,26,29)/t23-/m0/s1. The molecule has 1 fully saturated rings. The topological polar surface area (TPSA) is 49.4 Å². The van der Waals surface area contributed by atoms with Crippen molar-refractivity contribution in [2.45, 2.75) is 12.3 Å². The van der Waals surface area contributed by atoms with Crippen molar-refractivity contribution in [1.29, 1.82) is 0 Å². The Kier molecular flexibility index (Phi) is 5.55. The van der Waals surface area contributed by atoms with Gasteiger partial charge in [-0.3, -0.25) is 14.5 Å². The molecule has 152 valence electrons. The van der Waals surface area contributed by atoms with Crippen LogP contribution in [0.25, 0.3) is 0 Å². The number of rotatable bonds is 4. The van der Waals surface area contributed by atoms with Gasteiger partial charge in [0.1, 0.15) is 17.0 Å². The number of hydrogen-bond donors (Lipinski definition) is 1. The summed E-state index contributed by atoms with van der Waals surface area (Å²) in [4.78, 5) is 26.6. The minimum absolute atomic E-state index is 0.0977. The summed E-state index contributed by atoms with van der Waals surface area (Å²) in [6.45, 7) is 1.65. The Balaban J connectivity index is 1.61. The van der Waals surface area contributed by atoms with Crippen LogP contribution < -0.4 is 10.2 Å². The van der Waals surface area contributed by atoms with Gasteiger partial charge in [-0.05, 0) is 61.0 Å². The monoisotopic (exact) mass is 424 g/mol. The second-order valence-corrected chi connectivity index (χ2v) is 7.97. The summed E-state index contributed by atoms with van der Waals surface area (Å²) in [5.41, 5.74) is 2.66. The molecule has 0 aromatic heterocycles. The maximum Gasteiger partial charge on any atom is 0.255 e. The van der Waals surface area contributed by atoms with E-state index < -0.39 is 5.82 Å². The van der Waals surface area contributed by atoms with Crippen LogP contribution in [0.5, 0.6) is 0 Å². The Morgan fingerprint density at radius 1 is 1.07 bits per heavy atom. The molecule has 0 radical (unpaired) electrons. The third-order valence-electron chi connectivity index (χ3n) is 4.90. The smallest absolute Gasteiger partial charge is 0.255 e. The Bertz CT molecular complexity index is 1120. The van der Waals surface area contributed by atoms with E-state index in [1.54, 1.807) is 42.2 Å². The number of anilines is 2. The lowest BCUT2D eigenvalue weighted by atomic mass is 10.1. The number of halogens is 2. The molecule has 1 aliphatic heterocycles. The molecule has 1 N–H and O–H groups in total. The molecular formula is C23H18F2N2O2S. The predicted molar refractivity (Wildman–Crippen MR) is 115 cm³/mol. The van der Waals surface area contributed by atoms with Crippen LogP contribution in [0.15, 0.2) is 66.7 Å². The van der Waals surface area contributed by atoms with Crippen LogP contribution in [0, 0.1) is 18.6 Å². The van der Waals surface area contributed by atoms with Gasteiger partial charge < -0.3 is 5.32 Å². The number of benzene rings is 3. The van der Waals surface area contributed by atoms with Crippen LogP contribution in [0.3, 0.4) is 0 Å². The van der Waals surface area contributed by atoms with Gasteiger partial charge in [0.25, 0.3) is 5.91 Å². The van der Waals surface area contributed by atoms with Crippen molar-refractivity contribution in [1.82, 2.24) is 0 Å². The molecule has 1 saturated heterocycles. The molecule has 4 nitrogen and oxygen atoms in total. The third-order valence-corrected chi connectivity index (χ3v) is 6.11. The van der Waals surface area contributed by atoms with Gasteiger partial charge in [-0.15, -0.1) is 11.8 Å². The normalized spacial score (nSPS) is 16.0. The van der Waals surface area contributed by atoms with Crippen LogP contribution in [0.1, 0.15) is 26.9 Å². The van der Waals surface area contributed by atoms with Gasteiger partial charge in [0, 0.05) is 16.8 Å². The van der Waals surface area contributed by atoms with Gasteiger partial charge >= 0.3 is 0 Å². The van der Waals surface area contributed by atoms with Gasteiger partial charge in [0.15, 0.2) is 0 Å². The molecule has 0 saturated carbocycles. The minimum atomic E-state index is -0.413. The van der Waals surface area contributed by atoms with Crippen molar-refractivity contribution in [2.24, 2.45) is 0 Å². The summed E-state index contributed by atoms with van der Waals surface area (Å²) in [7, 11) is 0. The summed E-state index contributed by atoms with van der Waals surface area (Å²) in [6.07, 6.45) is 0. The molecule has 1 aliphatic rings. The van der Waals surface area contributed by atoms with Gasteiger partial charge in [-0.25, -0.2) is 8.78 Å². The van der Waals surface area contributed by atoms with Crippen LogP contribution in [-0.2, 0) is 4.79 Å². The maximum absolute atomic E-state index is 14.1. The fraction of sp³-hybridized carbons (Fsp3) is 0.130. The van der Waals surface area contributed by atoms with E-state index in [9.17, 15) is 18.4 Å². The van der Waals surface area contributed by atoms with Crippen LogP contribution >= 0.6 is 11.8 Å². The highest BCUT2D eigenvalue weighted by molar-refractivity contribution is 8.00. The molecule has 3 aromatic rings. The Labute approximate surface area is 176 Å². The molecule has 2 amide bonds. The minimum Gasteiger partial charge on any atom is -0.322 e.